The highest BCUT2D eigenvalue weighted by Crippen LogP contribution is 2.37. The highest BCUT2D eigenvalue weighted by Gasteiger charge is 2.15. The van der Waals surface area contributed by atoms with Gasteiger partial charge in [0.1, 0.15) is 11.5 Å². The predicted octanol–water partition coefficient (Wildman–Crippen LogP) is 5.79. The summed E-state index contributed by atoms with van der Waals surface area (Å²) in [5.74, 6) is 1.87. The van der Waals surface area contributed by atoms with E-state index in [-0.39, 0.29) is 12.4 Å². The Morgan fingerprint density at radius 2 is 1.82 bits per heavy atom. The van der Waals surface area contributed by atoms with Crippen LogP contribution in [0, 0.1) is 0 Å². The van der Waals surface area contributed by atoms with Crippen LogP contribution >= 0.6 is 23.7 Å². The van der Waals surface area contributed by atoms with Gasteiger partial charge in [-0.3, -0.25) is 0 Å². The molecule has 1 heterocycles. The minimum absolute atomic E-state index is 0. The SMILES string of the molecule is CCC(NC)c1sccc1Oc1cccc2ccccc12.Cl. The van der Waals surface area contributed by atoms with Gasteiger partial charge >= 0.3 is 0 Å². The van der Waals surface area contributed by atoms with Crippen molar-refractivity contribution in [3.63, 3.8) is 0 Å². The van der Waals surface area contributed by atoms with E-state index in [1.54, 1.807) is 11.3 Å². The van der Waals surface area contributed by atoms with E-state index in [1.165, 1.54) is 10.3 Å². The Balaban J connectivity index is 0.00000176. The summed E-state index contributed by atoms with van der Waals surface area (Å²) in [7, 11) is 2.00. The lowest BCUT2D eigenvalue weighted by molar-refractivity contribution is 0.469. The van der Waals surface area contributed by atoms with E-state index in [9.17, 15) is 0 Å². The molecule has 4 heteroatoms. The van der Waals surface area contributed by atoms with Crippen molar-refractivity contribution in [2.24, 2.45) is 0 Å². The van der Waals surface area contributed by atoms with Crippen LogP contribution in [0.15, 0.2) is 53.9 Å². The number of ether oxygens (including phenoxy) is 1. The average Bonchev–Trinajstić information content (AvgIpc) is 2.97. The van der Waals surface area contributed by atoms with Gasteiger partial charge in [0.15, 0.2) is 0 Å². The van der Waals surface area contributed by atoms with Crippen molar-refractivity contribution in [1.29, 1.82) is 0 Å². The van der Waals surface area contributed by atoms with Crippen molar-refractivity contribution in [2.45, 2.75) is 19.4 Å². The molecule has 0 aliphatic carbocycles. The second-order valence-electron chi connectivity index (χ2n) is 4.98. The molecule has 0 fully saturated rings. The lowest BCUT2D eigenvalue weighted by Gasteiger charge is -2.15. The van der Waals surface area contributed by atoms with E-state index in [4.69, 9.17) is 4.74 Å². The van der Waals surface area contributed by atoms with E-state index in [0.717, 1.165) is 23.3 Å². The van der Waals surface area contributed by atoms with Gasteiger partial charge in [0.05, 0.1) is 4.88 Å². The van der Waals surface area contributed by atoms with Crippen LogP contribution in [0.1, 0.15) is 24.3 Å². The molecule has 0 saturated heterocycles. The van der Waals surface area contributed by atoms with Crippen molar-refractivity contribution in [3.05, 3.63) is 58.8 Å². The topological polar surface area (TPSA) is 21.3 Å². The average molecular weight is 334 g/mol. The molecule has 1 atom stereocenters. The molecule has 2 aromatic carbocycles. The van der Waals surface area contributed by atoms with Gasteiger partial charge in [-0.25, -0.2) is 0 Å². The summed E-state index contributed by atoms with van der Waals surface area (Å²) in [6, 6.07) is 16.9. The van der Waals surface area contributed by atoms with Crippen LogP contribution < -0.4 is 10.1 Å². The fourth-order valence-electron chi connectivity index (χ4n) is 2.57. The summed E-state index contributed by atoms with van der Waals surface area (Å²) in [4.78, 5) is 1.26. The molecule has 1 unspecified atom stereocenters. The monoisotopic (exact) mass is 333 g/mol. The maximum atomic E-state index is 6.22. The molecule has 0 radical (unpaired) electrons. The van der Waals surface area contributed by atoms with E-state index in [1.807, 2.05) is 25.2 Å². The summed E-state index contributed by atoms with van der Waals surface area (Å²) in [6.07, 6.45) is 1.04. The van der Waals surface area contributed by atoms with Crippen LogP contribution in [-0.2, 0) is 0 Å². The molecule has 116 valence electrons. The number of thiophene rings is 1. The second-order valence-corrected chi connectivity index (χ2v) is 5.93. The zero-order valence-electron chi connectivity index (χ0n) is 12.7. The molecule has 0 saturated carbocycles. The van der Waals surface area contributed by atoms with Crippen molar-refractivity contribution in [1.82, 2.24) is 5.32 Å². The van der Waals surface area contributed by atoms with E-state index >= 15 is 0 Å². The lowest BCUT2D eigenvalue weighted by Crippen LogP contribution is -2.14. The standard InChI is InChI=1S/C18H19NOS.ClH/c1-3-15(19-2)18-17(11-12-21-18)20-16-10-6-8-13-7-4-5-9-14(13)16;/h4-12,15,19H,3H2,1-2H3;1H. The van der Waals surface area contributed by atoms with Crippen LogP contribution in [0.3, 0.4) is 0 Å². The van der Waals surface area contributed by atoms with Crippen LogP contribution in [0.4, 0.5) is 0 Å². The summed E-state index contributed by atoms with van der Waals surface area (Å²) < 4.78 is 6.22. The fourth-order valence-corrected chi connectivity index (χ4v) is 3.58. The normalized spacial score (nSPS) is 11.9. The maximum Gasteiger partial charge on any atom is 0.142 e. The molecule has 2 nitrogen and oxygen atoms in total. The minimum atomic E-state index is 0. The Morgan fingerprint density at radius 3 is 2.59 bits per heavy atom. The molecule has 0 bridgehead atoms. The van der Waals surface area contributed by atoms with E-state index in [2.05, 4.69) is 48.0 Å². The Kier molecular flexibility index (Phi) is 5.83. The smallest absolute Gasteiger partial charge is 0.142 e. The van der Waals surface area contributed by atoms with Crippen LogP contribution in [0.25, 0.3) is 10.8 Å². The number of hydrogen-bond acceptors (Lipinski definition) is 3. The first kappa shape index (κ1) is 16.8. The minimum Gasteiger partial charge on any atom is -0.455 e. The predicted molar refractivity (Wildman–Crippen MR) is 97.7 cm³/mol. The molecule has 22 heavy (non-hydrogen) atoms. The highest BCUT2D eigenvalue weighted by molar-refractivity contribution is 7.10. The zero-order valence-corrected chi connectivity index (χ0v) is 14.3. The molecule has 0 aliphatic heterocycles. The molecule has 3 aromatic rings. The Hall–Kier alpha value is -1.55. The van der Waals surface area contributed by atoms with Crippen LogP contribution in [-0.4, -0.2) is 7.05 Å². The molecular weight excluding hydrogens is 314 g/mol. The van der Waals surface area contributed by atoms with Crippen molar-refractivity contribution in [3.8, 4) is 11.5 Å². The van der Waals surface area contributed by atoms with Gasteiger partial charge in [-0.05, 0) is 36.4 Å². The molecule has 0 amide bonds. The number of rotatable bonds is 5. The van der Waals surface area contributed by atoms with Gasteiger partial charge in [-0.15, -0.1) is 23.7 Å². The molecule has 0 spiro atoms. The third-order valence-corrected chi connectivity index (χ3v) is 4.71. The van der Waals surface area contributed by atoms with Gasteiger partial charge < -0.3 is 10.1 Å². The van der Waals surface area contributed by atoms with Gasteiger partial charge in [0.2, 0.25) is 0 Å². The Bertz CT molecular complexity index is 731. The Morgan fingerprint density at radius 1 is 1.05 bits per heavy atom. The second kappa shape index (κ2) is 7.63. The molecule has 1 aromatic heterocycles. The van der Waals surface area contributed by atoms with Gasteiger partial charge in [0.25, 0.3) is 0 Å². The van der Waals surface area contributed by atoms with E-state index < -0.39 is 0 Å². The van der Waals surface area contributed by atoms with Crippen molar-refractivity contribution in [2.75, 3.05) is 7.05 Å². The van der Waals surface area contributed by atoms with E-state index in [0.29, 0.717) is 6.04 Å². The summed E-state index contributed by atoms with van der Waals surface area (Å²) >= 11 is 1.74. The third kappa shape index (κ3) is 3.27. The number of nitrogens with one attached hydrogen (secondary N) is 1. The maximum absolute atomic E-state index is 6.22. The first-order valence-electron chi connectivity index (χ1n) is 7.23. The van der Waals surface area contributed by atoms with Gasteiger partial charge in [-0.1, -0.05) is 43.3 Å². The van der Waals surface area contributed by atoms with Crippen LogP contribution in [0.5, 0.6) is 11.5 Å². The van der Waals surface area contributed by atoms with Gasteiger partial charge in [-0.2, -0.15) is 0 Å². The summed E-state index contributed by atoms with van der Waals surface area (Å²) in [5.41, 5.74) is 0. The summed E-state index contributed by atoms with van der Waals surface area (Å²) in [6.45, 7) is 2.18. The number of hydrogen-bond donors (Lipinski definition) is 1. The number of benzene rings is 2. The Labute approximate surface area is 141 Å². The quantitative estimate of drug-likeness (QED) is 0.638. The number of fused-ring (bicyclic) bond motifs is 1. The molecule has 0 aliphatic rings. The first-order valence-corrected chi connectivity index (χ1v) is 8.11. The largest absolute Gasteiger partial charge is 0.455 e. The van der Waals surface area contributed by atoms with Crippen molar-refractivity contribution >= 4 is 34.5 Å². The van der Waals surface area contributed by atoms with Crippen LogP contribution in [0.2, 0.25) is 0 Å². The highest BCUT2D eigenvalue weighted by atomic mass is 35.5. The lowest BCUT2D eigenvalue weighted by atomic mass is 10.1. The molecule has 3 rings (SSSR count). The number of halogens is 1. The van der Waals surface area contributed by atoms with Crippen molar-refractivity contribution < 1.29 is 4.74 Å². The third-order valence-electron chi connectivity index (χ3n) is 3.70. The zero-order chi connectivity index (χ0) is 14.7. The molecule has 1 N–H and O–H groups in total. The summed E-state index contributed by atoms with van der Waals surface area (Å²) in [5, 5.41) is 7.79. The fraction of sp³-hybridized carbons (Fsp3) is 0.222. The molecular formula is C18H20ClNOS. The van der Waals surface area contributed by atoms with Gasteiger partial charge in [0, 0.05) is 11.4 Å². The first-order chi connectivity index (χ1) is 10.3.